The van der Waals surface area contributed by atoms with E-state index in [4.69, 9.17) is 16.3 Å². The molecule has 0 unspecified atom stereocenters. The number of halogens is 1. The predicted molar refractivity (Wildman–Crippen MR) is 98.8 cm³/mol. The molecule has 26 heavy (non-hydrogen) atoms. The van der Waals surface area contributed by atoms with E-state index in [1.54, 1.807) is 12.1 Å². The first-order chi connectivity index (χ1) is 12.6. The molecule has 3 fully saturated rings. The minimum Gasteiger partial charge on any atom is -0.453 e. The van der Waals surface area contributed by atoms with Gasteiger partial charge in [-0.2, -0.15) is 0 Å². The summed E-state index contributed by atoms with van der Waals surface area (Å²) in [6.45, 7) is 0. The normalized spacial score (nSPS) is 27.8. The zero-order valence-corrected chi connectivity index (χ0v) is 15.1. The maximum atomic E-state index is 10.5. The Kier molecular flexibility index (Phi) is 3.52. The van der Waals surface area contributed by atoms with Gasteiger partial charge in [0.25, 0.3) is 0 Å². The number of rotatable bonds is 3. The van der Waals surface area contributed by atoms with Crippen LogP contribution in [0.25, 0.3) is 5.65 Å². The van der Waals surface area contributed by atoms with Gasteiger partial charge in [0.05, 0.1) is 5.60 Å². The van der Waals surface area contributed by atoms with Crippen molar-refractivity contribution >= 4 is 17.2 Å². The van der Waals surface area contributed by atoms with Crippen LogP contribution in [0.5, 0.6) is 11.5 Å². The summed E-state index contributed by atoms with van der Waals surface area (Å²) >= 11 is 5.94. The third-order valence-corrected chi connectivity index (χ3v) is 6.37. The van der Waals surface area contributed by atoms with Gasteiger partial charge in [0.1, 0.15) is 11.6 Å². The molecule has 2 aromatic heterocycles. The van der Waals surface area contributed by atoms with E-state index in [-0.39, 0.29) is 5.41 Å². The van der Waals surface area contributed by atoms with E-state index >= 15 is 0 Å². The molecule has 0 saturated heterocycles. The highest BCUT2D eigenvalue weighted by Crippen LogP contribution is 2.53. The van der Waals surface area contributed by atoms with Crippen molar-refractivity contribution in [3.05, 3.63) is 53.4 Å². The summed E-state index contributed by atoms with van der Waals surface area (Å²) in [4.78, 5) is 0. The van der Waals surface area contributed by atoms with Crippen LogP contribution >= 0.6 is 11.6 Å². The Morgan fingerprint density at radius 1 is 0.962 bits per heavy atom. The van der Waals surface area contributed by atoms with E-state index in [1.165, 1.54) is 0 Å². The zero-order chi connectivity index (χ0) is 17.8. The maximum absolute atomic E-state index is 10.5. The molecule has 2 bridgehead atoms. The Balaban J connectivity index is 1.53. The minimum absolute atomic E-state index is 0.0167. The number of aromatic nitrogens is 3. The summed E-state index contributed by atoms with van der Waals surface area (Å²) < 4.78 is 8.07. The van der Waals surface area contributed by atoms with Gasteiger partial charge in [0, 0.05) is 16.6 Å². The standard InChI is InChI=1S/C20H20ClN3O2/c21-14-3-5-15(6-4-14)26-16-2-1-13-24-17(16)22-23-18(24)19-7-10-20(25,11-8-19)12-9-19/h1-6,13,25H,7-12H2. The lowest BCUT2D eigenvalue weighted by molar-refractivity contribution is -0.0682. The number of pyridine rings is 1. The molecular formula is C20H20ClN3O2. The fourth-order valence-corrected chi connectivity index (χ4v) is 4.59. The second-order valence-corrected chi connectivity index (χ2v) is 8.09. The van der Waals surface area contributed by atoms with Gasteiger partial charge in [-0.05, 0) is 74.9 Å². The number of hydrogen-bond acceptors (Lipinski definition) is 4. The fraction of sp³-hybridized carbons (Fsp3) is 0.400. The Morgan fingerprint density at radius 2 is 1.65 bits per heavy atom. The van der Waals surface area contributed by atoms with Crippen molar-refractivity contribution in [3.63, 3.8) is 0 Å². The highest BCUT2D eigenvalue weighted by atomic mass is 35.5. The van der Waals surface area contributed by atoms with E-state index in [1.807, 2.05) is 30.5 Å². The van der Waals surface area contributed by atoms with E-state index in [9.17, 15) is 5.11 Å². The van der Waals surface area contributed by atoms with E-state index in [0.29, 0.717) is 16.5 Å². The highest BCUT2D eigenvalue weighted by molar-refractivity contribution is 6.30. The van der Waals surface area contributed by atoms with Crippen molar-refractivity contribution in [1.82, 2.24) is 14.6 Å². The second kappa shape index (κ2) is 5.69. The van der Waals surface area contributed by atoms with Gasteiger partial charge in [-0.15, -0.1) is 10.2 Å². The third-order valence-electron chi connectivity index (χ3n) is 6.12. The Labute approximate surface area is 156 Å². The van der Waals surface area contributed by atoms with Crippen molar-refractivity contribution in [1.29, 1.82) is 0 Å². The molecule has 3 aliphatic carbocycles. The van der Waals surface area contributed by atoms with Crippen molar-refractivity contribution in [2.45, 2.75) is 49.5 Å². The van der Waals surface area contributed by atoms with Crippen LogP contribution in [0.3, 0.4) is 0 Å². The minimum atomic E-state index is -0.453. The molecule has 3 saturated carbocycles. The maximum Gasteiger partial charge on any atom is 0.203 e. The summed E-state index contributed by atoms with van der Waals surface area (Å²) in [5.74, 6) is 2.38. The topological polar surface area (TPSA) is 59.7 Å². The average Bonchev–Trinajstić information content (AvgIpc) is 3.11. The van der Waals surface area contributed by atoms with Gasteiger partial charge in [0.2, 0.25) is 5.65 Å². The first kappa shape index (κ1) is 16.1. The Hall–Kier alpha value is -2.11. The molecular weight excluding hydrogens is 350 g/mol. The van der Waals surface area contributed by atoms with Gasteiger partial charge < -0.3 is 9.84 Å². The molecule has 6 heteroatoms. The predicted octanol–water partition coefficient (Wildman–Crippen LogP) is 4.51. The van der Waals surface area contributed by atoms with Crippen molar-refractivity contribution in [2.24, 2.45) is 0 Å². The van der Waals surface area contributed by atoms with Crippen LogP contribution in [0.1, 0.15) is 44.3 Å². The summed E-state index contributed by atoms with van der Waals surface area (Å²) in [5.41, 5.74) is 0.284. The monoisotopic (exact) mass is 369 g/mol. The van der Waals surface area contributed by atoms with Gasteiger partial charge >= 0.3 is 0 Å². The lowest BCUT2D eigenvalue weighted by atomic mass is 9.58. The van der Waals surface area contributed by atoms with Crippen LogP contribution in [0, 0.1) is 0 Å². The van der Waals surface area contributed by atoms with E-state index in [0.717, 1.165) is 50.0 Å². The Morgan fingerprint density at radius 3 is 2.35 bits per heavy atom. The molecule has 0 aliphatic heterocycles. The number of hydrogen-bond donors (Lipinski definition) is 1. The molecule has 6 rings (SSSR count). The molecule has 0 atom stereocenters. The van der Waals surface area contributed by atoms with Crippen LogP contribution in [0.4, 0.5) is 0 Å². The summed E-state index contributed by atoms with van der Waals surface area (Å²) in [7, 11) is 0. The number of benzene rings is 1. The fourth-order valence-electron chi connectivity index (χ4n) is 4.46. The zero-order valence-electron chi connectivity index (χ0n) is 14.4. The van der Waals surface area contributed by atoms with Crippen molar-refractivity contribution in [2.75, 3.05) is 0 Å². The molecule has 5 nitrogen and oxygen atoms in total. The molecule has 0 amide bonds. The quantitative estimate of drug-likeness (QED) is 0.737. The smallest absolute Gasteiger partial charge is 0.203 e. The number of aliphatic hydroxyl groups is 1. The van der Waals surface area contributed by atoms with Gasteiger partial charge in [-0.3, -0.25) is 4.40 Å². The summed E-state index contributed by atoms with van der Waals surface area (Å²) in [6.07, 6.45) is 7.45. The molecule has 0 radical (unpaired) electrons. The third kappa shape index (κ3) is 2.49. The van der Waals surface area contributed by atoms with E-state index in [2.05, 4.69) is 14.6 Å². The van der Waals surface area contributed by atoms with Gasteiger partial charge in [-0.1, -0.05) is 11.6 Å². The summed E-state index contributed by atoms with van der Waals surface area (Å²) in [5, 5.41) is 20.2. The van der Waals surface area contributed by atoms with Crippen molar-refractivity contribution < 1.29 is 9.84 Å². The molecule has 1 aromatic carbocycles. The molecule has 2 heterocycles. The number of nitrogens with zero attached hydrogens (tertiary/aromatic N) is 3. The summed E-state index contributed by atoms with van der Waals surface area (Å²) in [6, 6.07) is 11.1. The van der Waals surface area contributed by atoms with Crippen LogP contribution in [-0.4, -0.2) is 25.3 Å². The van der Waals surface area contributed by atoms with Crippen LogP contribution in [0.15, 0.2) is 42.6 Å². The number of fused-ring (bicyclic) bond motifs is 4. The highest BCUT2D eigenvalue weighted by Gasteiger charge is 2.50. The molecule has 0 spiro atoms. The Bertz CT molecular complexity index is 942. The van der Waals surface area contributed by atoms with E-state index < -0.39 is 5.60 Å². The van der Waals surface area contributed by atoms with Crippen LogP contribution in [-0.2, 0) is 5.41 Å². The lowest BCUT2D eigenvalue weighted by Gasteiger charge is -2.49. The van der Waals surface area contributed by atoms with Gasteiger partial charge in [0.15, 0.2) is 5.75 Å². The average molecular weight is 370 g/mol. The van der Waals surface area contributed by atoms with Crippen LogP contribution in [0.2, 0.25) is 5.02 Å². The first-order valence-electron chi connectivity index (χ1n) is 9.07. The largest absolute Gasteiger partial charge is 0.453 e. The van der Waals surface area contributed by atoms with Crippen molar-refractivity contribution in [3.8, 4) is 11.5 Å². The second-order valence-electron chi connectivity index (χ2n) is 7.65. The lowest BCUT2D eigenvalue weighted by Crippen LogP contribution is -2.48. The first-order valence-corrected chi connectivity index (χ1v) is 9.45. The van der Waals surface area contributed by atoms with Gasteiger partial charge in [-0.25, -0.2) is 0 Å². The SMILES string of the molecule is OC12CCC(c3nnc4c(Oc5ccc(Cl)cc5)cccn34)(CC1)CC2. The molecule has 1 N–H and O–H groups in total. The van der Waals surface area contributed by atoms with Crippen LogP contribution < -0.4 is 4.74 Å². The number of ether oxygens (including phenoxy) is 1. The molecule has 3 aliphatic rings. The molecule has 134 valence electrons. The molecule has 3 aromatic rings.